The van der Waals surface area contributed by atoms with E-state index in [-0.39, 0.29) is 11.9 Å². The Labute approximate surface area is 107 Å². The highest BCUT2D eigenvalue weighted by molar-refractivity contribution is 5.28. The maximum absolute atomic E-state index is 14.1. The third kappa shape index (κ3) is 2.74. The minimum absolute atomic E-state index is 0.0557. The van der Waals surface area contributed by atoms with Gasteiger partial charge in [-0.2, -0.15) is 0 Å². The van der Waals surface area contributed by atoms with Gasteiger partial charge < -0.3 is 5.32 Å². The molecular weight excluding hydrogens is 227 g/mol. The van der Waals surface area contributed by atoms with Gasteiger partial charge in [-0.1, -0.05) is 24.3 Å². The van der Waals surface area contributed by atoms with Crippen molar-refractivity contribution in [3.05, 3.63) is 65.2 Å². The first-order chi connectivity index (χ1) is 8.72. The fraction of sp³-hybridized carbons (Fsp3) is 0.267. The van der Waals surface area contributed by atoms with E-state index in [0.717, 1.165) is 5.69 Å². The van der Waals surface area contributed by atoms with Crippen LogP contribution in [0.3, 0.4) is 0 Å². The van der Waals surface area contributed by atoms with E-state index >= 15 is 0 Å². The summed E-state index contributed by atoms with van der Waals surface area (Å²) in [5.41, 5.74) is 2.33. The first-order valence-electron chi connectivity index (χ1n) is 6.04. The molecule has 2 nitrogen and oxygen atoms in total. The second-order valence-corrected chi connectivity index (χ2v) is 4.34. The Morgan fingerprint density at radius 1 is 1.22 bits per heavy atom. The van der Waals surface area contributed by atoms with Crippen molar-refractivity contribution in [1.29, 1.82) is 0 Å². The number of nitrogens with one attached hydrogen (secondary N) is 1. The fourth-order valence-corrected chi connectivity index (χ4v) is 2.03. The van der Waals surface area contributed by atoms with Crippen molar-refractivity contribution in [2.45, 2.75) is 19.4 Å². The van der Waals surface area contributed by atoms with Crippen LogP contribution in [0.25, 0.3) is 0 Å². The van der Waals surface area contributed by atoms with Crippen molar-refractivity contribution >= 4 is 0 Å². The average molecular weight is 244 g/mol. The summed E-state index contributed by atoms with van der Waals surface area (Å²) in [6.07, 6.45) is 2.44. The molecular formula is C15H17FN2. The molecule has 18 heavy (non-hydrogen) atoms. The lowest BCUT2D eigenvalue weighted by Gasteiger charge is -2.17. The van der Waals surface area contributed by atoms with Crippen LogP contribution in [0.4, 0.5) is 4.39 Å². The fourth-order valence-electron chi connectivity index (χ4n) is 2.03. The van der Waals surface area contributed by atoms with E-state index in [1.54, 1.807) is 19.2 Å². The molecule has 0 aliphatic rings. The maximum atomic E-state index is 14.1. The molecule has 0 bridgehead atoms. The molecule has 1 N–H and O–H groups in total. The molecule has 2 rings (SSSR count). The van der Waals surface area contributed by atoms with Gasteiger partial charge in [0.2, 0.25) is 0 Å². The van der Waals surface area contributed by atoms with E-state index in [0.29, 0.717) is 17.5 Å². The predicted octanol–water partition coefficient (Wildman–Crippen LogP) is 3.03. The van der Waals surface area contributed by atoms with Crippen LogP contribution in [0, 0.1) is 12.7 Å². The Kier molecular flexibility index (Phi) is 4.05. The Morgan fingerprint density at radius 3 is 2.72 bits per heavy atom. The number of nitrogens with zero attached hydrogens (tertiary/aromatic N) is 1. The zero-order valence-electron chi connectivity index (χ0n) is 10.7. The van der Waals surface area contributed by atoms with Crippen molar-refractivity contribution in [1.82, 2.24) is 10.3 Å². The summed E-state index contributed by atoms with van der Waals surface area (Å²) in [5.74, 6) is -0.132. The second-order valence-electron chi connectivity index (χ2n) is 4.34. The standard InChI is InChI=1S/C15H17FN2/c1-11-6-5-8-13(15(11)16)14(17-2)10-12-7-3-4-9-18-12/h3-9,14,17H,10H2,1-2H3. The van der Waals surface area contributed by atoms with Gasteiger partial charge in [0.15, 0.2) is 0 Å². The Hall–Kier alpha value is -1.74. The smallest absolute Gasteiger partial charge is 0.130 e. The van der Waals surface area contributed by atoms with Crippen LogP contribution in [0.15, 0.2) is 42.6 Å². The number of rotatable bonds is 4. The van der Waals surface area contributed by atoms with Gasteiger partial charge >= 0.3 is 0 Å². The Balaban J connectivity index is 2.26. The highest BCUT2D eigenvalue weighted by Crippen LogP contribution is 2.22. The van der Waals surface area contributed by atoms with Gasteiger partial charge in [0.1, 0.15) is 5.82 Å². The van der Waals surface area contributed by atoms with Gasteiger partial charge in [0, 0.05) is 29.9 Å². The van der Waals surface area contributed by atoms with Gasteiger partial charge in [-0.25, -0.2) is 4.39 Å². The molecule has 0 spiro atoms. The normalized spacial score (nSPS) is 12.4. The molecule has 3 heteroatoms. The minimum Gasteiger partial charge on any atom is -0.313 e. The molecule has 0 fully saturated rings. The molecule has 0 saturated carbocycles. The van der Waals surface area contributed by atoms with Crippen molar-refractivity contribution in [2.24, 2.45) is 0 Å². The first-order valence-corrected chi connectivity index (χ1v) is 6.04. The lowest BCUT2D eigenvalue weighted by molar-refractivity contribution is 0.526. The third-order valence-corrected chi connectivity index (χ3v) is 3.08. The number of aromatic nitrogens is 1. The van der Waals surface area contributed by atoms with Crippen LogP contribution in [0.2, 0.25) is 0 Å². The molecule has 1 atom stereocenters. The molecule has 1 unspecified atom stereocenters. The number of benzene rings is 1. The summed E-state index contributed by atoms with van der Waals surface area (Å²) in [4.78, 5) is 4.28. The topological polar surface area (TPSA) is 24.9 Å². The molecule has 2 aromatic rings. The number of aryl methyl sites for hydroxylation is 1. The van der Waals surface area contributed by atoms with Gasteiger partial charge in [0.25, 0.3) is 0 Å². The van der Waals surface area contributed by atoms with Crippen molar-refractivity contribution in [3.8, 4) is 0 Å². The van der Waals surface area contributed by atoms with Gasteiger partial charge in [-0.3, -0.25) is 4.98 Å². The number of likely N-dealkylation sites (N-methyl/N-ethyl adjacent to an activating group) is 1. The molecule has 94 valence electrons. The number of halogens is 1. The summed E-state index contributed by atoms with van der Waals surface area (Å²) < 4.78 is 14.1. The third-order valence-electron chi connectivity index (χ3n) is 3.08. The molecule has 1 heterocycles. The van der Waals surface area contributed by atoms with E-state index in [2.05, 4.69) is 10.3 Å². The Morgan fingerprint density at radius 2 is 2.06 bits per heavy atom. The number of hydrogen-bond acceptors (Lipinski definition) is 2. The number of hydrogen-bond donors (Lipinski definition) is 1. The van der Waals surface area contributed by atoms with E-state index in [1.165, 1.54) is 0 Å². The van der Waals surface area contributed by atoms with E-state index in [4.69, 9.17) is 0 Å². The summed E-state index contributed by atoms with van der Waals surface area (Å²) in [6.45, 7) is 1.78. The predicted molar refractivity (Wildman–Crippen MR) is 70.9 cm³/mol. The molecule has 1 aromatic carbocycles. The van der Waals surface area contributed by atoms with Crippen LogP contribution in [0.5, 0.6) is 0 Å². The molecule has 0 aliphatic heterocycles. The van der Waals surface area contributed by atoms with Gasteiger partial charge in [-0.05, 0) is 31.7 Å². The monoisotopic (exact) mass is 244 g/mol. The van der Waals surface area contributed by atoms with Crippen LogP contribution < -0.4 is 5.32 Å². The van der Waals surface area contributed by atoms with E-state index < -0.39 is 0 Å². The van der Waals surface area contributed by atoms with Gasteiger partial charge in [-0.15, -0.1) is 0 Å². The van der Waals surface area contributed by atoms with E-state index in [9.17, 15) is 4.39 Å². The number of pyridine rings is 1. The van der Waals surface area contributed by atoms with E-state index in [1.807, 2.05) is 37.4 Å². The van der Waals surface area contributed by atoms with Crippen LogP contribution in [-0.2, 0) is 6.42 Å². The average Bonchev–Trinajstić information content (AvgIpc) is 2.41. The van der Waals surface area contributed by atoms with Crippen molar-refractivity contribution < 1.29 is 4.39 Å². The van der Waals surface area contributed by atoms with Crippen molar-refractivity contribution in [3.63, 3.8) is 0 Å². The van der Waals surface area contributed by atoms with Crippen LogP contribution in [-0.4, -0.2) is 12.0 Å². The Bertz CT molecular complexity index is 511. The first kappa shape index (κ1) is 12.7. The molecule has 0 amide bonds. The second kappa shape index (κ2) is 5.74. The summed E-state index contributed by atoms with van der Waals surface area (Å²) in [6, 6.07) is 11.2. The quantitative estimate of drug-likeness (QED) is 0.894. The van der Waals surface area contributed by atoms with Crippen LogP contribution in [0.1, 0.15) is 22.9 Å². The zero-order chi connectivity index (χ0) is 13.0. The SMILES string of the molecule is CNC(Cc1ccccn1)c1cccc(C)c1F. The van der Waals surface area contributed by atoms with Crippen LogP contribution >= 0.6 is 0 Å². The minimum atomic E-state index is -0.132. The maximum Gasteiger partial charge on any atom is 0.130 e. The highest BCUT2D eigenvalue weighted by Gasteiger charge is 2.15. The van der Waals surface area contributed by atoms with Gasteiger partial charge in [0.05, 0.1) is 0 Å². The lowest BCUT2D eigenvalue weighted by Crippen LogP contribution is -2.20. The molecule has 0 saturated heterocycles. The summed E-state index contributed by atoms with van der Waals surface area (Å²) >= 11 is 0. The summed E-state index contributed by atoms with van der Waals surface area (Å²) in [7, 11) is 1.84. The zero-order valence-corrected chi connectivity index (χ0v) is 10.7. The molecule has 0 aliphatic carbocycles. The largest absolute Gasteiger partial charge is 0.313 e. The van der Waals surface area contributed by atoms with Crippen molar-refractivity contribution in [2.75, 3.05) is 7.05 Å². The molecule has 0 radical (unpaired) electrons. The molecule has 1 aromatic heterocycles. The summed E-state index contributed by atoms with van der Waals surface area (Å²) in [5, 5.41) is 3.15. The highest BCUT2D eigenvalue weighted by atomic mass is 19.1. The lowest BCUT2D eigenvalue weighted by atomic mass is 9.99.